The SMILES string of the molecule is Cc1ccc2c(N(c3ccccc3F)S(C)(=O)=O)c(F)ccc2c1Oc1ncccc1-c1ccnc(NC2CC(F)CN(C(=O)O)C2)n1. The fourth-order valence-electron chi connectivity index (χ4n) is 5.69. The van der Waals surface area contributed by atoms with Crippen LogP contribution in [0.4, 0.5) is 35.3 Å². The topological polar surface area (TPSA) is 138 Å². The molecule has 2 N–H and O–H groups in total. The number of sulfonamides is 1. The lowest BCUT2D eigenvalue weighted by molar-refractivity contribution is 0.102. The Morgan fingerprint density at radius 2 is 1.75 bits per heavy atom. The fraction of sp³-hybridized carbons (Fsp3) is 0.212. The summed E-state index contributed by atoms with van der Waals surface area (Å²) in [6.45, 7) is 1.60. The number of carbonyl (C=O) groups is 1. The number of anilines is 3. The van der Waals surface area contributed by atoms with Crippen molar-refractivity contribution in [3.63, 3.8) is 0 Å². The quantitative estimate of drug-likeness (QED) is 0.184. The Labute approximate surface area is 273 Å². The molecule has 1 amide bonds. The Hall–Kier alpha value is -5.44. The van der Waals surface area contributed by atoms with Crippen molar-refractivity contribution < 1.29 is 36.2 Å². The molecule has 3 heterocycles. The van der Waals surface area contributed by atoms with Crippen LogP contribution in [0.3, 0.4) is 0 Å². The lowest BCUT2D eigenvalue weighted by atomic mass is 10.0. The zero-order valence-corrected chi connectivity index (χ0v) is 26.5. The number of para-hydroxylation sites is 1. The number of pyridine rings is 1. The number of ether oxygens (including phenoxy) is 1. The summed E-state index contributed by atoms with van der Waals surface area (Å²) in [7, 11) is -4.23. The summed E-state index contributed by atoms with van der Waals surface area (Å²) in [6, 6.07) is 15.3. The van der Waals surface area contributed by atoms with Crippen molar-refractivity contribution in [3.05, 3.63) is 96.3 Å². The third kappa shape index (κ3) is 6.53. The predicted molar refractivity (Wildman–Crippen MR) is 174 cm³/mol. The summed E-state index contributed by atoms with van der Waals surface area (Å²) in [5, 5.41) is 12.8. The van der Waals surface area contributed by atoms with Gasteiger partial charge in [0.05, 0.1) is 29.7 Å². The summed E-state index contributed by atoms with van der Waals surface area (Å²) in [5.74, 6) is -1.26. The maximum atomic E-state index is 15.6. The van der Waals surface area contributed by atoms with Crippen LogP contribution in [0.1, 0.15) is 12.0 Å². The Morgan fingerprint density at radius 3 is 2.50 bits per heavy atom. The number of halogens is 3. The summed E-state index contributed by atoms with van der Waals surface area (Å²) >= 11 is 0. The maximum absolute atomic E-state index is 15.6. The number of nitrogens with zero attached hydrogens (tertiary/aromatic N) is 5. The first-order valence-electron chi connectivity index (χ1n) is 14.7. The van der Waals surface area contributed by atoms with Gasteiger partial charge in [0.25, 0.3) is 0 Å². The normalized spacial score (nSPS) is 16.5. The molecule has 248 valence electrons. The second-order valence-corrected chi connectivity index (χ2v) is 13.1. The standard InChI is InChI=1S/C33H29F3N6O5S/c1-19-9-10-22-23(11-12-26(36)29(22)42(48(2,45)46)28-8-4-3-7-25(28)35)30(19)47-31-24(6-5-14-37-31)27-13-15-38-32(40-27)39-21-16-20(34)17-41(18-21)33(43)44/h3-15,20-21H,16-18H2,1-2H3,(H,43,44)(H,38,39,40). The van der Waals surface area contributed by atoms with Crippen LogP contribution < -0.4 is 14.4 Å². The lowest BCUT2D eigenvalue weighted by Gasteiger charge is -2.33. The van der Waals surface area contributed by atoms with Gasteiger partial charge in [-0.3, -0.25) is 0 Å². The number of fused-ring (bicyclic) bond motifs is 1. The first kappa shape index (κ1) is 32.5. The van der Waals surface area contributed by atoms with Crippen molar-refractivity contribution in [2.75, 3.05) is 29.0 Å². The molecule has 1 saturated heterocycles. The number of carboxylic acid groups (broad SMARTS) is 1. The number of benzene rings is 3. The van der Waals surface area contributed by atoms with Crippen LogP contribution in [0.15, 0.2) is 79.1 Å². The molecule has 5 aromatic rings. The molecular weight excluding hydrogens is 649 g/mol. The van der Waals surface area contributed by atoms with Crippen LogP contribution >= 0.6 is 0 Å². The van der Waals surface area contributed by atoms with Crippen molar-refractivity contribution in [3.8, 4) is 22.9 Å². The average Bonchev–Trinajstić information content (AvgIpc) is 3.04. The highest BCUT2D eigenvalue weighted by Crippen LogP contribution is 2.43. The van der Waals surface area contributed by atoms with Gasteiger partial charge in [-0.2, -0.15) is 0 Å². The van der Waals surface area contributed by atoms with E-state index >= 15 is 4.39 Å². The van der Waals surface area contributed by atoms with Gasteiger partial charge in [0.15, 0.2) is 0 Å². The van der Waals surface area contributed by atoms with Gasteiger partial charge in [-0.05, 0) is 55.0 Å². The van der Waals surface area contributed by atoms with E-state index in [1.807, 2.05) is 0 Å². The Morgan fingerprint density at radius 1 is 0.979 bits per heavy atom. The number of alkyl halides is 1. The molecule has 0 bridgehead atoms. The number of nitrogens with one attached hydrogen (secondary N) is 1. The molecule has 0 spiro atoms. The molecule has 1 aliphatic heterocycles. The summed E-state index contributed by atoms with van der Waals surface area (Å²) in [6.07, 6.45) is 1.36. The number of aryl methyl sites for hydroxylation is 1. The van der Waals surface area contributed by atoms with Crippen LogP contribution in [0.25, 0.3) is 22.0 Å². The predicted octanol–water partition coefficient (Wildman–Crippen LogP) is 6.67. The molecule has 0 radical (unpaired) electrons. The highest BCUT2D eigenvalue weighted by molar-refractivity contribution is 7.92. The number of hydrogen-bond donors (Lipinski definition) is 2. The molecule has 48 heavy (non-hydrogen) atoms. The number of likely N-dealkylation sites (tertiary alicyclic amines) is 1. The smallest absolute Gasteiger partial charge is 0.407 e. The lowest BCUT2D eigenvalue weighted by Crippen LogP contribution is -2.49. The minimum atomic E-state index is -4.23. The Bertz CT molecular complexity index is 2140. The van der Waals surface area contributed by atoms with Crippen molar-refractivity contribution >= 4 is 44.2 Å². The first-order valence-corrected chi connectivity index (χ1v) is 16.6. The highest BCUT2D eigenvalue weighted by Gasteiger charge is 2.31. The first-order chi connectivity index (χ1) is 22.9. The van der Waals surface area contributed by atoms with Crippen molar-refractivity contribution in [1.82, 2.24) is 19.9 Å². The largest absolute Gasteiger partial charge is 0.465 e. The zero-order valence-electron chi connectivity index (χ0n) is 25.6. The van der Waals surface area contributed by atoms with E-state index in [0.717, 1.165) is 23.3 Å². The van der Waals surface area contributed by atoms with Gasteiger partial charge in [0.2, 0.25) is 21.9 Å². The highest BCUT2D eigenvalue weighted by atomic mass is 32.2. The number of aromatic nitrogens is 3. The van der Waals surface area contributed by atoms with Crippen LogP contribution in [-0.4, -0.2) is 71.0 Å². The van der Waals surface area contributed by atoms with Crippen LogP contribution in [-0.2, 0) is 10.0 Å². The molecule has 11 nitrogen and oxygen atoms in total. The minimum Gasteiger partial charge on any atom is -0.465 e. The van der Waals surface area contributed by atoms with E-state index in [1.165, 1.54) is 42.7 Å². The minimum absolute atomic E-state index is 0.0568. The van der Waals surface area contributed by atoms with Crippen molar-refractivity contribution in [2.45, 2.75) is 25.6 Å². The molecule has 1 aliphatic rings. The maximum Gasteiger partial charge on any atom is 0.407 e. The summed E-state index contributed by atoms with van der Waals surface area (Å²) < 4.78 is 77.8. The molecule has 0 aliphatic carbocycles. The number of amides is 1. The molecule has 0 saturated carbocycles. The van der Waals surface area contributed by atoms with E-state index in [4.69, 9.17) is 4.74 Å². The van der Waals surface area contributed by atoms with E-state index in [1.54, 1.807) is 31.2 Å². The number of hydrogen-bond acceptors (Lipinski definition) is 8. The van der Waals surface area contributed by atoms with Gasteiger partial charge in [0.1, 0.15) is 29.2 Å². The summed E-state index contributed by atoms with van der Waals surface area (Å²) in [5.41, 5.74) is 0.702. The third-order valence-electron chi connectivity index (χ3n) is 7.78. The molecule has 15 heteroatoms. The number of rotatable bonds is 8. The fourth-order valence-corrected chi connectivity index (χ4v) is 6.71. The third-order valence-corrected chi connectivity index (χ3v) is 8.82. The van der Waals surface area contributed by atoms with Gasteiger partial charge < -0.3 is 20.1 Å². The van der Waals surface area contributed by atoms with Crippen LogP contribution in [0.2, 0.25) is 0 Å². The zero-order chi connectivity index (χ0) is 34.2. The van der Waals surface area contributed by atoms with Crippen molar-refractivity contribution in [2.24, 2.45) is 0 Å². The molecule has 3 aromatic carbocycles. The van der Waals surface area contributed by atoms with Gasteiger partial charge >= 0.3 is 6.09 Å². The van der Waals surface area contributed by atoms with E-state index < -0.39 is 40.0 Å². The van der Waals surface area contributed by atoms with Crippen LogP contribution in [0.5, 0.6) is 11.6 Å². The Kier molecular flexibility index (Phi) is 8.79. The van der Waals surface area contributed by atoms with Gasteiger partial charge in [-0.25, -0.2) is 45.6 Å². The molecule has 2 unspecified atom stereocenters. The van der Waals surface area contributed by atoms with E-state index in [9.17, 15) is 27.1 Å². The number of piperidine rings is 1. The van der Waals surface area contributed by atoms with Crippen LogP contribution in [0, 0.1) is 18.6 Å². The van der Waals surface area contributed by atoms with E-state index in [0.29, 0.717) is 26.5 Å². The van der Waals surface area contributed by atoms with E-state index in [-0.39, 0.29) is 53.8 Å². The van der Waals surface area contributed by atoms with Gasteiger partial charge in [0, 0.05) is 42.2 Å². The van der Waals surface area contributed by atoms with E-state index in [2.05, 4.69) is 20.3 Å². The van der Waals surface area contributed by atoms with Crippen molar-refractivity contribution in [1.29, 1.82) is 0 Å². The summed E-state index contributed by atoms with van der Waals surface area (Å²) in [4.78, 5) is 25.6. The molecular formula is C33H29F3N6O5S. The Balaban J connectivity index is 1.39. The molecule has 2 aromatic heterocycles. The molecule has 6 rings (SSSR count). The molecule has 2 atom stereocenters. The molecule has 1 fully saturated rings. The second kappa shape index (κ2) is 13.0. The van der Waals surface area contributed by atoms with Gasteiger partial charge in [-0.15, -0.1) is 0 Å². The average molecular weight is 679 g/mol. The second-order valence-electron chi connectivity index (χ2n) is 11.3. The van der Waals surface area contributed by atoms with Gasteiger partial charge in [-0.1, -0.05) is 24.3 Å². The monoisotopic (exact) mass is 678 g/mol.